The van der Waals surface area contributed by atoms with Gasteiger partial charge < -0.3 is 25.9 Å². The predicted molar refractivity (Wildman–Crippen MR) is 139 cm³/mol. The topological polar surface area (TPSA) is 212 Å². The van der Waals surface area contributed by atoms with Crippen LogP contribution in [0.1, 0.15) is 10.4 Å². The molecule has 2 aliphatic carbocycles. The third-order valence-corrected chi connectivity index (χ3v) is 6.94. The van der Waals surface area contributed by atoms with E-state index in [0.717, 1.165) is 18.2 Å². The van der Waals surface area contributed by atoms with Gasteiger partial charge in [-0.25, -0.2) is 4.99 Å². The summed E-state index contributed by atoms with van der Waals surface area (Å²) in [4.78, 5) is 41.2. The second kappa shape index (κ2) is 12.9. The second-order valence-electron chi connectivity index (χ2n) is 8.61. The number of nitrogens with zero attached hydrogens (tertiary/aromatic N) is 1. The van der Waals surface area contributed by atoms with E-state index in [0.29, 0.717) is 5.69 Å². The van der Waals surface area contributed by atoms with Crippen molar-refractivity contribution in [1.29, 1.82) is 5.41 Å². The quantitative estimate of drug-likeness (QED) is 0.0821. The number of hydrogen-bond donors (Lipinski definition) is 4. The minimum absolute atomic E-state index is 0. The van der Waals surface area contributed by atoms with Crippen LogP contribution in [0.2, 0.25) is 0 Å². The molecule has 0 heterocycles. The standard InChI is InChI=1S/C27H18N4O8S.2Na/c28-24-21(40(37,38)39)12-19(22-23(24)26(34)17-7-2-1-6-16(17)25(22)33)29-13-4-3-5-14(10-13)30-31-15-8-9-20(32)18(11-15)27(35)36;;/h1-12,28,30-32H,(H,35,36)(H,37,38,39);;/q;2*+1/p-2. The molecule has 0 saturated heterocycles. The summed E-state index contributed by atoms with van der Waals surface area (Å²) in [6.45, 7) is 0. The smallest absolute Gasteiger partial charge is 0.872 e. The van der Waals surface area contributed by atoms with E-state index >= 15 is 0 Å². The molecule has 0 saturated carbocycles. The Kier molecular flexibility index (Phi) is 10.1. The van der Waals surface area contributed by atoms with Gasteiger partial charge in [-0.05, 0) is 42.0 Å². The van der Waals surface area contributed by atoms with Crippen molar-refractivity contribution < 1.29 is 87.1 Å². The van der Waals surface area contributed by atoms with Crippen LogP contribution >= 0.6 is 0 Å². The molecule has 0 atom stereocenters. The van der Waals surface area contributed by atoms with Gasteiger partial charge in [-0.2, -0.15) is 8.42 Å². The number of benzene rings is 3. The van der Waals surface area contributed by atoms with Gasteiger partial charge in [0.25, 0.3) is 10.1 Å². The van der Waals surface area contributed by atoms with E-state index in [9.17, 15) is 37.6 Å². The van der Waals surface area contributed by atoms with E-state index in [2.05, 4.69) is 15.8 Å². The zero-order valence-electron chi connectivity index (χ0n) is 22.1. The van der Waals surface area contributed by atoms with E-state index in [1.807, 2.05) is 0 Å². The molecule has 0 aliphatic heterocycles. The molecular formula is C27H16N4Na2O8S. The Morgan fingerprint density at radius 3 is 2.02 bits per heavy atom. The van der Waals surface area contributed by atoms with Gasteiger partial charge in [0.2, 0.25) is 0 Å². The van der Waals surface area contributed by atoms with Crippen molar-refractivity contribution in [2.45, 2.75) is 4.90 Å². The number of anilines is 2. The molecule has 3 aromatic rings. The Labute approximate surface area is 280 Å². The number of hydrazine groups is 1. The molecule has 42 heavy (non-hydrogen) atoms. The number of carboxylic acid groups (broad SMARTS) is 1. The van der Waals surface area contributed by atoms with Crippen molar-refractivity contribution in [3.05, 3.63) is 120 Å². The van der Waals surface area contributed by atoms with Gasteiger partial charge in [0, 0.05) is 10.8 Å². The molecular weight excluding hydrogens is 586 g/mol. The van der Waals surface area contributed by atoms with Crippen molar-refractivity contribution in [3.8, 4) is 5.75 Å². The first-order valence-electron chi connectivity index (χ1n) is 11.4. The minimum atomic E-state index is -4.96. The third-order valence-electron chi connectivity index (χ3n) is 6.07. The molecule has 12 nitrogen and oxygen atoms in total. The number of carbonyl (C=O) groups is 1. The van der Waals surface area contributed by atoms with Crippen molar-refractivity contribution in [1.82, 2.24) is 0 Å². The Bertz CT molecular complexity index is 2270. The molecule has 4 N–H and O–H groups in total. The Morgan fingerprint density at radius 1 is 0.833 bits per heavy atom. The average molecular weight is 602 g/mol. The number of aromatic carboxylic acids is 1. The molecule has 0 fully saturated rings. The second-order valence-corrected chi connectivity index (χ2v) is 10.00. The average Bonchev–Trinajstić information content (AvgIpc) is 2.91. The number of hydrogen-bond acceptors (Lipinski definition) is 11. The molecule has 5 rings (SSSR count). The molecule has 0 aromatic heterocycles. The third kappa shape index (κ3) is 6.33. The van der Waals surface area contributed by atoms with Crippen molar-refractivity contribution in [2.75, 3.05) is 10.9 Å². The Hall–Kier alpha value is -3.40. The monoisotopic (exact) mass is 602 g/mol. The molecule has 0 unspecified atom stereocenters. The van der Waals surface area contributed by atoms with E-state index in [1.54, 1.807) is 18.2 Å². The SMILES string of the molecule is N=c1c(S(=O)(=O)O)cc(=Nc2cccc(NNc3ccc([O-])c(C(=O)[O-])c3)c2)c2c(=O)c3ccccc3c(=O)c1=2.[Na+].[Na+]. The van der Waals surface area contributed by atoms with Gasteiger partial charge in [0.1, 0.15) is 4.90 Å². The first kappa shape index (κ1) is 33.1. The van der Waals surface area contributed by atoms with E-state index in [4.69, 9.17) is 5.41 Å². The van der Waals surface area contributed by atoms with E-state index < -0.39 is 53.7 Å². The van der Waals surface area contributed by atoms with Crippen LogP contribution in [0.4, 0.5) is 17.1 Å². The fourth-order valence-electron chi connectivity index (χ4n) is 4.25. The van der Waals surface area contributed by atoms with E-state index in [-0.39, 0.29) is 91.8 Å². The zero-order chi connectivity index (χ0) is 28.8. The summed E-state index contributed by atoms with van der Waals surface area (Å²) in [5, 5.41) is 29.3. The van der Waals surface area contributed by atoms with Crippen LogP contribution in [-0.2, 0) is 10.1 Å². The van der Waals surface area contributed by atoms with Crippen molar-refractivity contribution >= 4 is 43.9 Å². The molecule has 3 aromatic carbocycles. The summed E-state index contributed by atoms with van der Waals surface area (Å²) < 4.78 is 33.9. The van der Waals surface area contributed by atoms with Crippen LogP contribution in [0.3, 0.4) is 0 Å². The molecule has 200 valence electrons. The van der Waals surface area contributed by atoms with Gasteiger partial charge in [-0.15, -0.1) is 0 Å². The number of fused-ring (bicyclic) bond motifs is 1. The molecule has 2 aliphatic rings. The predicted octanol–water partition coefficient (Wildman–Crippen LogP) is -6.00. The van der Waals surface area contributed by atoms with Gasteiger partial charge >= 0.3 is 59.1 Å². The number of carboxylic acids is 1. The number of rotatable bonds is 6. The first-order valence-corrected chi connectivity index (χ1v) is 12.8. The largest absolute Gasteiger partial charge is 1.00 e. The molecule has 0 amide bonds. The summed E-state index contributed by atoms with van der Waals surface area (Å²) in [6.07, 6.45) is 0. The van der Waals surface area contributed by atoms with E-state index in [1.165, 1.54) is 36.4 Å². The fraction of sp³-hybridized carbons (Fsp3) is 0. The summed E-state index contributed by atoms with van der Waals surface area (Å²) >= 11 is 0. The molecule has 0 radical (unpaired) electrons. The van der Waals surface area contributed by atoms with Crippen LogP contribution in [0, 0.1) is 15.8 Å². The Balaban J connectivity index is 0.00000242. The summed E-state index contributed by atoms with van der Waals surface area (Å²) in [5.41, 5.74) is 4.41. The molecule has 0 spiro atoms. The van der Waals surface area contributed by atoms with Crippen LogP contribution in [-0.4, -0.2) is 18.9 Å². The maximum Gasteiger partial charge on any atom is 1.00 e. The molecule has 0 bridgehead atoms. The maximum absolute atomic E-state index is 13.4. The van der Waals surface area contributed by atoms with Crippen LogP contribution in [0.15, 0.2) is 92.3 Å². The first-order chi connectivity index (χ1) is 19.0. The van der Waals surface area contributed by atoms with Gasteiger partial charge in [-0.1, -0.05) is 42.1 Å². The minimum Gasteiger partial charge on any atom is -0.872 e. The summed E-state index contributed by atoms with van der Waals surface area (Å²) in [7, 11) is -4.96. The summed E-state index contributed by atoms with van der Waals surface area (Å²) in [6, 6.07) is 16.4. The van der Waals surface area contributed by atoms with Crippen molar-refractivity contribution in [3.63, 3.8) is 0 Å². The zero-order valence-corrected chi connectivity index (χ0v) is 26.9. The summed E-state index contributed by atoms with van der Waals surface area (Å²) in [5.74, 6) is -2.34. The van der Waals surface area contributed by atoms with Crippen molar-refractivity contribution in [2.24, 2.45) is 4.99 Å². The van der Waals surface area contributed by atoms with Gasteiger partial charge in [-0.3, -0.25) is 19.6 Å². The molecule has 15 heteroatoms. The number of carbonyl (C=O) groups excluding carboxylic acids is 1. The Morgan fingerprint density at radius 2 is 1.43 bits per heavy atom. The maximum atomic E-state index is 13.4. The number of nitrogens with one attached hydrogen (secondary N) is 3. The van der Waals surface area contributed by atoms with Crippen LogP contribution in [0.25, 0.3) is 10.8 Å². The van der Waals surface area contributed by atoms with Crippen LogP contribution < -0.4 is 102 Å². The normalized spacial score (nSPS) is 11.5. The van der Waals surface area contributed by atoms with Crippen LogP contribution in [0.5, 0.6) is 5.75 Å². The van der Waals surface area contributed by atoms with Gasteiger partial charge in [0.05, 0.1) is 44.2 Å². The fourth-order valence-corrected chi connectivity index (χ4v) is 4.87. The van der Waals surface area contributed by atoms with Gasteiger partial charge in [0.15, 0.2) is 10.9 Å².